The van der Waals surface area contributed by atoms with Crippen LogP contribution < -0.4 is 0 Å². The molecule has 19 heteroatoms. The molecule has 0 saturated heterocycles. The molecule has 0 heterocycles. The van der Waals surface area contributed by atoms with Gasteiger partial charge in [0.05, 0.1) is 26.4 Å². The topological polar surface area (TPSA) is 237 Å². The molecule has 0 aliphatic rings. The number of phosphoric acid groups is 2. The summed E-state index contributed by atoms with van der Waals surface area (Å²) < 4.78 is 68.4. The van der Waals surface area contributed by atoms with E-state index in [9.17, 15) is 43.2 Å². The van der Waals surface area contributed by atoms with Crippen molar-refractivity contribution in [2.75, 3.05) is 39.6 Å². The summed E-state index contributed by atoms with van der Waals surface area (Å²) in [4.78, 5) is 72.7. The van der Waals surface area contributed by atoms with Crippen LogP contribution in [-0.4, -0.2) is 96.7 Å². The molecule has 0 aromatic carbocycles. The molecule has 3 unspecified atom stereocenters. The normalized spacial score (nSPS) is 14.3. The van der Waals surface area contributed by atoms with Gasteiger partial charge in [-0.05, 0) is 43.4 Å². The zero-order valence-electron chi connectivity index (χ0n) is 63.5. The Bertz CT molecular complexity index is 1890. The molecule has 0 radical (unpaired) electrons. The van der Waals surface area contributed by atoms with Gasteiger partial charge in [0.1, 0.15) is 19.3 Å². The van der Waals surface area contributed by atoms with Crippen molar-refractivity contribution in [3.05, 3.63) is 0 Å². The van der Waals surface area contributed by atoms with E-state index in [-0.39, 0.29) is 25.7 Å². The number of carbonyl (C=O) groups is 4. The first kappa shape index (κ1) is 95.1. The number of aliphatic hydroxyl groups is 1. The largest absolute Gasteiger partial charge is 0.472 e. The minimum Gasteiger partial charge on any atom is -0.462 e. The molecular weight excluding hydrogens is 1270 g/mol. The molecule has 0 rings (SSSR count). The summed E-state index contributed by atoms with van der Waals surface area (Å²) in [5.41, 5.74) is 0. The molecule has 3 N–H and O–H groups in total. The van der Waals surface area contributed by atoms with Gasteiger partial charge in [-0.15, -0.1) is 0 Å². The fourth-order valence-electron chi connectivity index (χ4n) is 11.9. The van der Waals surface area contributed by atoms with Gasteiger partial charge in [0.15, 0.2) is 12.2 Å². The number of hydrogen-bond acceptors (Lipinski definition) is 15. The highest BCUT2D eigenvalue weighted by Crippen LogP contribution is 2.45. The van der Waals surface area contributed by atoms with Crippen LogP contribution in [0.2, 0.25) is 0 Å². The molecule has 6 atom stereocenters. The number of carbonyl (C=O) groups excluding carboxylic acids is 4. The average molecular weight is 1420 g/mol. The molecule has 0 saturated carbocycles. The Kier molecular flexibility index (Phi) is 67.1. The summed E-state index contributed by atoms with van der Waals surface area (Å²) in [5.74, 6) is 0.224. The Morgan fingerprint density at radius 1 is 0.299 bits per heavy atom. The van der Waals surface area contributed by atoms with Crippen LogP contribution in [0.15, 0.2) is 0 Å². The summed E-state index contributed by atoms with van der Waals surface area (Å²) in [5, 5.41) is 10.6. The summed E-state index contributed by atoms with van der Waals surface area (Å²) >= 11 is 0. The van der Waals surface area contributed by atoms with Crippen molar-refractivity contribution < 1.29 is 80.2 Å². The van der Waals surface area contributed by atoms with Crippen molar-refractivity contribution in [3.63, 3.8) is 0 Å². The van der Waals surface area contributed by atoms with Crippen LogP contribution in [0.4, 0.5) is 0 Å². The minimum atomic E-state index is -4.96. The lowest BCUT2D eigenvalue weighted by Crippen LogP contribution is -2.30. The summed E-state index contributed by atoms with van der Waals surface area (Å²) in [6, 6.07) is 0. The number of unbranched alkanes of at least 4 members (excludes halogenated alkanes) is 43. The van der Waals surface area contributed by atoms with E-state index in [4.69, 9.17) is 37.0 Å². The molecule has 0 amide bonds. The second-order valence-corrected chi connectivity index (χ2v) is 32.2. The molecule has 0 fully saturated rings. The van der Waals surface area contributed by atoms with E-state index in [1.807, 2.05) is 0 Å². The first-order chi connectivity index (χ1) is 46.8. The Hall–Kier alpha value is -1.94. The highest BCUT2D eigenvalue weighted by atomic mass is 31.2. The first-order valence-electron chi connectivity index (χ1n) is 40.4. The summed E-state index contributed by atoms with van der Waals surface area (Å²) in [6.07, 6.45) is 55.9. The number of ether oxygens (including phenoxy) is 4. The molecule has 97 heavy (non-hydrogen) atoms. The molecular formula is C78H152O17P2. The summed E-state index contributed by atoms with van der Waals surface area (Å²) in [7, 11) is -9.91. The van der Waals surface area contributed by atoms with Gasteiger partial charge in [0.25, 0.3) is 0 Å². The Morgan fingerprint density at radius 3 is 0.784 bits per heavy atom. The van der Waals surface area contributed by atoms with E-state index in [1.54, 1.807) is 0 Å². The SMILES string of the molecule is CCCCCCCCCCC(=O)OC[C@H](COP(=O)(O)OC[C@H](O)COP(=O)(O)OC[C@@H](COC(=O)CCCCCCCCCCCCCCCCCC(C)C)OC(=O)CCCCCCCCCCCCCCCCCCCCC(C)CC)OC(=O)CCCCCCCCC(C)C. The predicted molar refractivity (Wildman–Crippen MR) is 395 cm³/mol. The monoisotopic (exact) mass is 1420 g/mol. The zero-order chi connectivity index (χ0) is 71.6. The third kappa shape index (κ3) is 70.9. The number of aliphatic hydroxyl groups excluding tert-OH is 1. The number of rotatable bonds is 76. The minimum absolute atomic E-state index is 0.102. The maximum atomic E-state index is 13.1. The van der Waals surface area contributed by atoms with E-state index >= 15 is 0 Å². The van der Waals surface area contributed by atoms with Gasteiger partial charge in [-0.25, -0.2) is 9.13 Å². The van der Waals surface area contributed by atoms with Gasteiger partial charge in [0.2, 0.25) is 0 Å². The van der Waals surface area contributed by atoms with E-state index < -0.39 is 97.5 Å². The Morgan fingerprint density at radius 2 is 0.526 bits per heavy atom. The van der Waals surface area contributed by atoms with E-state index in [1.165, 1.54) is 205 Å². The third-order valence-corrected chi connectivity index (χ3v) is 20.4. The first-order valence-corrected chi connectivity index (χ1v) is 43.4. The average Bonchev–Trinajstić information content (AvgIpc) is 1.22. The maximum Gasteiger partial charge on any atom is 0.472 e. The van der Waals surface area contributed by atoms with Crippen LogP contribution >= 0.6 is 15.6 Å². The molecule has 0 aromatic rings. The van der Waals surface area contributed by atoms with Gasteiger partial charge < -0.3 is 33.8 Å². The van der Waals surface area contributed by atoms with Crippen molar-refractivity contribution in [3.8, 4) is 0 Å². The quantitative estimate of drug-likeness (QED) is 0.0222. The lowest BCUT2D eigenvalue weighted by molar-refractivity contribution is -0.161. The number of phosphoric ester groups is 2. The van der Waals surface area contributed by atoms with E-state index in [0.717, 1.165) is 108 Å². The molecule has 0 bridgehead atoms. The number of hydrogen-bond donors (Lipinski definition) is 3. The van der Waals surface area contributed by atoms with Gasteiger partial charge in [-0.2, -0.15) is 0 Å². The van der Waals surface area contributed by atoms with Crippen LogP contribution in [0, 0.1) is 17.8 Å². The van der Waals surface area contributed by atoms with Crippen LogP contribution in [0.1, 0.15) is 402 Å². The van der Waals surface area contributed by atoms with E-state index in [0.29, 0.717) is 31.6 Å². The molecule has 576 valence electrons. The Labute approximate surface area is 594 Å². The zero-order valence-corrected chi connectivity index (χ0v) is 65.3. The number of esters is 4. The molecule has 17 nitrogen and oxygen atoms in total. The van der Waals surface area contributed by atoms with Gasteiger partial charge in [-0.1, -0.05) is 350 Å². The van der Waals surface area contributed by atoms with Crippen molar-refractivity contribution in [2.24, 2.45) is 17.8 Å². The smallest absolute Gasteiger partial charge is 0.462 e. The van der Waals surface area contributed by atoms with Crippen molar-refractivity contribution >= 4 is 39.5 Å². The van der Waals surface area contributed by atoms with E-state index in [2.05, 4.69) is 48.5 Å². The van der Waals surface area contributed by atoms with Gasteiger partial charge in [-0.3, -0.25) is 37.3 Å². The van der Waals surface area contributed by atoms with Crippen molar-refractivity contribution in [1.29, 1.82) is 0 Å². The molecule has 0 aliphatic carbocycles. The maximum absolute atomic E-state index is 13.1. The van der Waals surface area contributed by atoms with Gasteiger partial charge in [0, 0.05) is 25.7 Å². The van der Waals surface area contributed by atoms with Crippen molar-refractivity contribution in [1.82, 2.24) is 0 Å². The lowest BCUT2D eigenvalue weighted by atomic mass is 9.99. The molecule has 0 aromatic heterocycles. The highest BCUT2D eigenvalue weighted by molar-refractivity contribution is 7.47. The van der Waals surface area contributed by atoms with Crippen LogP contribution in [0.3, 0.4) is 0 Å². The van der Waals surface area contributed by atoms with Gasteiger partial charge >= 0.3 is 39.5 Å². The van der Waals surface area contributed by atoms with Crippen molar-refractivity contribution in [2.45, 2.75) is 420 Å². The highest BCUT2D eigenvalue weighted by Gasteiger charge is 2.30. The summed E-state index contributed by atoms with van der Waals surface area (Å²) in [6.45, 7) is 11.9. The van der Waals surface area contributed by atoms with Crippen LogP contribution in [0.25, 0.3) is 0 Å². The van der Waals surface area contributed by atoms with Crippen LogP contribution in [0.5, 0.6) is 0 Å². The standard InChI is InChI=1S/C78H152O17P2/c1-8-10-11-12-13-37-45-52-59-75(80)88-66-74(95-78(83)62-55-48-41-40-43-50-57-70(5)6)68-93-97(86,87)91-64-72(79)63-90-96(84,85)92-67-73(65-89-76(81)60-53-46-38-33-29-25-22-18-19-23-27-31-35-42-49-56-69(3)4)94-77(82)61-54-47-39-34-30-26-21-17-15-14-16-20-24-28-32-36-44-51-58-71(7)9-2/h69-74,79H,8-68H2,1-7H3,(H,84,85)(H,86,87)/t71?,72-,73-,74-/m1/s1. The fraction of sp³-hybridized carbons (Fsp3) is 0.949. The fourth-order valence-corrected chi connectivity index (χ4v) is 13.5. The van der Waals surface area contributed by atoms with Crippen LogP contribution in [-0.2, 0) is 65.4 Å². The lowest BCUT2D eigenvalue weighted by Gasteiger charge is -2.21. The second-order valence-electron chi connectivity index (χ2n) is 29.3. The predicted octanol–water partition coefficient (Wildman–Crippen LogP) is 23.0. The third-order valence-electron chi connectivity index (χ3n) is 18.5. The second kappa shape index (κ2) is 68.5. The molecule has 0 spiro atoms. The molecule has 0 aliphatic heterocycles. The Balaban J connectivity index is 5.15.